The molecule has 5 nitrogen and oxygen atoms in total. The molecular weight excluding hydrogens is 234 g/mol. The van der Waals surface area contributed by atoms with E-state index in [4.69, 9.17) is 9.84 Å². The second-order valence-corrected chi connectivity index (χ2v) is 4.94. The average molecular weight is 255 g/mol. The molecule has 0 amide bonds. The summed E-state index contributed by atoms with van der Waals surface area (Å²) in [6.45, 7) is 6.63. The summed E-state index contributed by atoms with van der Waals surface area (Å²) in [6, 6.07) is 0. The molecular formula is C13H21NO4. The van der Waals surface area contributed by atoms with Crippen LogP contribution in [-0.4, -0.2) is 35.9 Å². The highest BCUT2D eigenvalue weighted by Gasteiger charge is 2.42. The largest absolute Gasteiger partial charge is 0.481 e. The number of ether oxygens (including phenoxy) is 1. The molecule has 0 saturated heterocycles. The number of carboxylic acid groups (broad SMARTS) is 1. The molecule has 0 saturated carbocycles. The van der Waals surface area contributed by atoms with Gasteiger partial charge >= 0.3 is 11.9 Å². The Morgan fingerprint density at radius 3 is 2.78 bits per heavy atom. The third kappa shape index (κ3) is 3.31. The average Bonchev–Trinajstić information content (AvgIpc) is 2.56. The van der Waals surface area contributed by atoms with Gasteiger partial charge < -0.3 is 9.84 Å². The first kappa shape index (κ1) is 14.7. The van der Waals surface area contributed by atoms with Crippen LogP contribution < -0.4 is 0 Å². The molecule has 0 aromatic rings. The summed E-state index contributed by atoms with van der Waals surface area (Å²) in [6.07, 6.45) is 0.926. The van der Waals surface area contributed by atoms with Crippen molar-refractivity contribution in [2.45, 2.75) is 40.0 Å². The molecule has 0 aliphatic carbocycles. The molecule has 5 heteroatoms. The van der Waals surface area contributed by atoms with Crippen molar-refractivity contribution in [3.8, 4) is 0 Å². The van der Waals surface area contributed by atoms with Crippen molar-refractivity contribution in [2.24, 2.45) is 16.3 Å². The maximum Gasteiger partial charge on any atom is 0.306 e. The molecule has 0 unspecified atom stereocenters. The van der Waals surface area contributed by atoms with Gasteiger partial charge in [0.1, 0.15) is 0 Å². The summed E-state index contributed by atoms with van der Waals surface area (Å²) in [7, 11) is 0. The van der Waals surface area contributed by atoms with Crippen molar-refractivity contribution >= 4 is 17.7 Å². The maximum absolute atomic E-state index is 11.5. The van der Waals surface area contributed by atoms with Crippen LogP contribution in [0.15, 0.2) is 4.99 Å². The van der Waals surface area contributed by atoms with E-state index >= 15 is 0 Å². The van der Waals surface area contributed by atoms with Crippen LogP contribution in [-0.2, 0) is 14.3 Å². The number of carbonyl (C=O) groups excluding carboxylic acids is 1. The van der Waals surface area contributed by atoms with Crippen LogP contribution in [0.25, 0.3) is 0 Å². The molecule has 0 radical (unpaired) electrons. The van der Waals surface area contributed by atoms with E-state index in [2.05, 4.69) is 4.99 Å². The zero-order valence-electron chi connectivity index (χ0n) is 11.2. The van der Waals surface area contributed by atoms with E-state index in [0.29, 0.717) is 26.0 Å². The lowest BCUT2D eigenvalue weighted by molar-refractivity contribution is -0.144. The lowest BCUT2D eigenvalue weighted by atomic mass is 9.71. The van der Waals surface area contributed by atoms with Gasteiger partial charge in [0.05, 0.1) is 13.0 Å². The highest BCUT2D eigenvalue weighted by Crippen LogP contribution is 2.41. The lowest BCUT2D eigenvalue weighted by Gasteiger charge is -2.31. The van der Waals surface area contributed by atoms with Crippen molar-refractivity contribution in [2.75, 3.05) is 13.2 Å². The first-order valence-corrected chi connectivity index (χ1v) is 6.29. The van der Waals surface area contributed by atoms with Gasteiger partial charge in [0, 0.05) is 24.1 Å². The molecule has 0 fully saturated rings. The van der Waals surface area contributed by atoms with Crippen LogP contribution in [0.5, 0.6) is 0 Å². The molecule has 18 heavy (non-hydrogen) atoms. The molecule has 1 aliphatic rings. The zero-order chi connectivity index (χ0) is 13.8. The van der Waals surface area contributed by atoms with E-state index in [1.165, 1.54) is 0 Å². The summed E-state index contributed by atoms with van der Waals surface area (Å²) in [5.41, 5.74) is 0.642. The Balaban J connectivity index is 2.67. The van der Waals surface area contributed by atoms with Crippen LogP contribution in [0.1, 0.15) is 40.0 Å². The smallest absolute Gasteiger partial charge is 0.306 e. The van der Waals surface area contributed by atoms with Gasteiger partial charge in [-0.05, 0) is 26.2 Å². The number of hydrogen-bond acceptors (Lipinski definition) is 4. The van der Waals surface area contributed by atoms with E-state index in [1.54, 1.807) is 6.92 Å². The number of aliphatic carboxylic acids is 1. The van der Waals surface area contributed by atoms with Crippen molar-refractivity contribution in [1.29, 1.82) is 0 Å². The normalized spacial score (nSPS) is 26.8. The number of esters is 1. The first-order chi connectivity index (χ1) is 8.40. The van der Waals surface area contributed by atoms with Gasteiger partial charge in [-0.3, -0.25) is 14.6 Å². The first-order valence-electron chi connectivity index (χ1n) is 6.29. The topological polar surface area (TPSA) is 76.0 Å². The second kappa shape index (κ2) is 5.98. The predicted octanol–water partition coefficient (Wildman–Crippen LogP) is 1.90. The molecule has 2 atom stereocenters. The monoisotopic (exact) mass is 255 g/mol. The Morgan fingerprint density at radius 1 is 1.56 bits per heavy atom. The number of carbonyl (C=O) groups is 2. The summed E-state index contributed by atoms with van der Waals surface area (Å²) in [5, 5.41) is 8.80. The fourth-order valence-corrected chi connectivity index (χ4v) is 2.39. The van der Waals surface area contributed by atoms with Gasteiger partial charge in [0.15, 0.2) is 0 Å². The Kier molecular flexibility index (Phi) is 4.87. The predicted molar refractivity (Wildman–Crippen MR) is 67.7 cm³/mol. The molecule has 0 spiro atoms. The van der Waals surface area contributed by atoms with Crippen molar-refractivity contribution in [1.82, 2.24) is 0 Å². The van der Waals surface area contributed by atoms with E-state index in [1.807, 2.05) is 13.8 Å². The molecule has 1 aliphatic heterocycles. The van der Waals surface area contributed by atoms with Gasteiger partial charge in [0.25, 0.3) is 0 Å². The van der Waals surface area contributed by atoms with Crippen LogP contribution in [0.2, 0.25) is 0 Å². The number of nitrogens with zero attached hydrogens (tertiary/aromatic N) is 1. The van der Waals surface area contributed by atoms with Gasteiger partial charge in [-0.1, -0.05) is 6.92 Å². The molecule has 1 rings (SSSR count). The minimum Gasteiger partial charge on any atom is -0.481 e. The van der Waals surface area contributed by atoms with Gasteiger partial charge in [-0.2, -0.15) is 0 Å². The molecule has 0 aromatic carbocycles. The van der Waals surface area contributed by atoms with Crippen molar-refractivity contribution < 1.29 is 19.4 Å². The summed E-state index contributed by atoms with van der Waals surface area (Å²) in [5.74, 6) is -0.990. The van der Waals surface area contributed by atoms with Crippen LogP contribution in [0.4, 0.5) is 0 Å². The van der Waals surface area contributed by atoms with Crippen LogP contribution in [0, 0.1) is 11.3 Å². The number of hydrogen-bond donors (Lipinski definition) is 1. The highest BCUT2D eigenvalue weighted by atomic mass is 16.5. The minimum absolute atomic E-state index is 0.0518. The third-order valence-electron chi connectivity index (χ3n) is 3.85. The van der Waals surface area contributed by atoms with Crippen molar-refractivity contribution in [3.05, 3.63) is 0 Å². The van der Waals surface area contributed by atoms with E-state index in [0.717, 1.165) is 5.71 Å². The quantitative estimate of drug-likeness (QED) is 0.735. The van der Waals surface area contributed by atoms with Crippen LogP contribution >= 0.6 is 0 Å². The minimum atomic E-state index is -0.814. The molecule has 0 bridgehead atoms. The Hall–Kier alpha value is -1.39. The number of carboxylic acids is 1. The second-order valence-electron chi connectivity index (χ2n) is 4.94. The lowest BCUT2D eigenvalue weighted by Crippen LogP contribution is -2.33. The van der Waals surface area contributed by atoms with Gasteiger partial charge in [-0.15, -0.1) is 0 Å². The fraction of sp³-hybridized carbons (Fsp3) is 0.769. The Labute approximate surface area is 107 Å². The summed E-state index contributed by atoms with van der Waals surface area (Å²) >= 11 is 0. The summed E-state index contributed by atoms with van der Waals surface area (Å²) < 4.78 is 4.95. The Morgan fingerprint density at radius 2 is 2.22 bits per heavy atom. The molecule has 1 N–H and O–H groups in total. The number of aliphatic imine (C=N–C) groups is 1. The SMILES string of the molecule is CCOC(=O)C[C@H]1CN=C(C)[C@]1(C)CCC(=O)O. The van der Waals surface area contributed by atoms with E-state index in [-0.39, 0.29) is 23.7 Å². The van der Waals surface area contributed by atoms with E-state index in [9.17, 15) is 9.59 Å². The van der Waals surface area contributed by atoms with Gasteiger partial charge in [0.2, 0.25) is 0 Å². The Bertz CT molecular complexity index is 364. The van der Waals surface area contributed by atoms with E-state index < -0.39 is 5.97 Å². The number of rotatable bonds is 6. The highest BCUT2D eigenvalue weighted by molar-refractivity contribution is 5.90. The zero-order valence-corrected chi connectivity index (χ0v) is 11.2. The molecule has 102 valence electrons. The standard InChI is InChI=1S/C13H21NO4/c1-4-18-12(17)7-10-8-14-9(2)13(10,3)6-5-11(15)16/h10H,4-8H2,1-3H3,(H,15,16)/t10-,13-/m0/s1. The summed E-state index contributed by atoms with van der Waals surface area (Å²) in [4.78, 5) is 26.6. The van der Waals surface area contributed by atoms with Crippen LogP contribution in [0.3, 0.4) is 0 Å². The van der Waals surface area contributed by atoms with Gasteiger partial charge in [-0.25, -0.2) is 0 Å². The third-order valence-corrected chi connectivity index (χ3v) is 3.85. The van der Waals surface area contributed by atoms with Crippen molar-refractivity contribution in [3.63, 3.8) is 0 Å². The molecule has 1 heterocycles. The fourth-order valence-electron chi connectivity index (χ4n) is 2.39. The maximum atomic E-state index is 11.5. The molecule has 0 aromatic heterocycles.